The van der Waals surface area contributed by atoms with Crippen molar-refractivity contribution in [3.8, 4) is 0 Å². The van der Waals surface area contributed by atoms with Crippen molar-refractivity contribution in [2.75, 3.05) is 10.6 Å². The summed E-state index contributed by atoms with van der Waals surface area (Å²) in [7, 11) is 0. The average molecular weight is 283 g/mol. The molecule has 2 bridgehead atoms. The molecule has 2 aliphatic rings. The highest BCUT2D eigenvalue weighted by molar-refractivity contribution is 5.94. The van der Waals surface area contributed by atoms with Crippen molar-refractivity contribution in [3.63, 3.8) is 0 Å². The molecule has 0 aliphatic carbocycles. The van der Waals surface area contributed by atoms with Crippen LogP contribution in [0, 0.1) is 6.92 Å². The topological polar surface area (TPSA) is 62.4 Å². The summed E-state index contributed by atoms with van der Waals surface area (Å²) in [5.41, 5.74) is 10.0. The second-order valence-corrected chi connectivity index (χ2v) is 6.48. The molecule has 2 unspecified atom stereocenters. The largest absolute Gasteiger partial charge is 0.399 e. The molecule has 3 heterocycles. The Labute approximate surface area is 124 Å². The summed E-state index contributed by atoms with van der Waals surface area (Å²) in [4.78, 5) is 7.14. The van der Waals surface area contributed by atoms with Crippen LogP contribution in [0.25, 0.3) is 10.9 Å². The first-order valence-corrected chi connectivity index (χ1v) is 7.75. The first kappa shape index (κ1) is 12.9. The highest BCUT2D eigenvalue weighted by atomic mass is 16.3. The maximum absolute atomic E-state index is 10.0. The van der Waals surface area contributed by atoms with Gasteiger partial charge in [0.25, 0.3) is 0 Å². The highest BCUT2D eigenvalue weighted by Crippen LogP contribution is 2.42. The Morgan fingerprint density at radius 2 is 1.90 bits per heavy atom. The zero-order chi connectivity index (χ0) is 14.6. The minimum Gasteiger partial charge on any atom is -0.399 e. The van der Waals surface area contributed by atoms with Crippen molar-refractivity contribution >= 4 is 22.3 Å². The number of piperidine rings is 1. The Morgan fingerprint density at radius 1 is 1.19 bits per heavy atom. The molecule has 0 spiro atoms. The van der Waals surface area contributed by atoms with Gasteiger partial charge in [-0.25, -0.2) is 0 Å². The predicted octanol–water partition coefficient (Wildman–Crippen LogP) is 2.62. The quantitative estimate of drug-likeness (QED) is 0.790. The fraction of sp³-hybridized carbons (Fsp3) is 0.471. The van der Waals surface area contributed by atoms with E-state index in [1.807, 2.05) is 25.1 Å². The first-order valence-electron chi connectivity index (χ1n) is 7.75. The molecule has 21 heavy (non-hydrogen) atoms. The first-order chi connectivity index (χ1) is 10.1. The van der Waals surface area contributed by atoms with Crippen LogP contribution in [-0.2, 0) is 0 Å². The van der Waals surface area contributed by atoms with Gasteiger partial charge < -0.3 is 15.7 Å². The molecule has 0 radical (unpaired) electrons. The zero-order valence-corrected chi connectivity index (χ0v) is 12.3. The number of aryl methyl sites for hydroxylation is 1. The van der Waals surface area contributed by atoms with E-state index >= 15 is 0 Å². The number of hydrogen-bond donors (Lipinski definition) is 2. The summed E-state index contributed by atoms with van der Waals surface area (Å²) in [6.45, 7) is 2.04. The van der Waals surface area contributed by atoms with Gasteiger partial charge in [0.2, 0.25) is 0 Å². The smallest absolute Gasteiger partial charge is 0.0727 e. The van der Waals surface area contributed by atoms with Gasteiger partial charge in [0.1, 0.15) is 0 Å². The van der Waals surface area contributed by atoms with E-state index in [4.69, 9.17) is 5.73 Å². The van der Waals surface area contributed by atoms with Crippen molar-refractivity contribution in [1.29, 1.82) is 0 Å². The number of pyridine rings is 1. The summed E-state index contributed by atoms with van der Waals surface area (Å²) in [6.07, 6.45) is 3.96. The van der Waals surface area contributed by atoms with E-state index in [1.54, 1.807) is 0 Å². The van der Waals surface area contributed by atoms with Gasteiger partial charge >= 0.3 is 0 Å². The van der Waals surface area contributed by atoms with Crippen LogP contribution in [0.3, 0.4) is 0 Å². The van der Waals surface area contributed by atoms with Crippen LogP contribution >= 0.6 is 0 Å². The van der Waals surface area contributed by atoms with Crippen molar-refractivity contribution in [1.82, 2.24) is 4.98 Å². The van der Waals surface area contributed by atoms with E-state index in [9.17, 15) is 5.11 Å². The second-order valence-electron chi connectivity index (χ2n) is 6.48. The monoisotopic (exact) mass is 283 g/mol. The van der Waals surface area contributed by atoms with Crippen LogP contribution in [0.5, 0.6) is 0 Å². The van der Waals surface area contributed by atoms with Crippen LogP contribution in [0.1, 0.15) is 31.4 Å². The standard InChI is InChI=1S/C17H21N3O/c1-10-6-17(15-7-11(18)2-5-16(15)19-10)20-12-3-4-13(20)9-14(21)8-12/h2,5-7,12-14,21H,3-4,8-9,18H2,1H3. The number of fused-ring (bicyclic) bond motifs is 3. The molecule has 2 aliphatic heterocycles. The molecule has 110 valence electrons. The van der Waals surface area contributed by atoms with Crippen LogP contribution in [0.15, 0.2) is 24.3 Å². The van der Waals surface area contributed by atoms with Crippen molar-refractivity contribution in [2.24, 2.45) is 0 Å². The van der Waals surface area contributed by atoms with Gasteiger partial charge in [0.15, 0.2) is 0 Å². The zero-order valence-electron chi connectivity index (χ0n) is 12.3. The molecule has 2 fully saturated rings. The third-order valence-electron chi connectivity index (χ3n) is 4.93. The Balaban J connectivity index is 1.88. The summed E-state index contributed by atoms with van der Waals surface area (Å²) in [5, 5.41) is 11.1. The van der Waals surface area contributed by atoms with Crippen molar-refractivity contribution < 1.29 is 5.11 Å². The summed E-state index contributed by atoms with van der Waals surface area (Å²) in [6, 6.07) is 9.01. The summed E-state index contributed by atoms with van der Waals surface area (Å²) >= 11 is 0. The number of rotatable bonds is 1. The minimum atomic E-state index is -0.141. The van der Waals surface area contributed by atoms with E-state index in [0.29, 0.717) is 12.1 Å². The number of aromatic nitrogens is 1. The fourth-order valence-corrected chi connectivity index (χ4v) is 4.11. The summed E-state index contributed by atoms with van der Waals surface area (Å²) in [5.74, 6) is 0. The van der Waals surface area contributed by atoms with Gasteiger partial charge in [0.05, 0.1) is 11.6 Å². The van der Waals surface area contributed by atoms with Gasteiger partial charge in [0, 0.05) is 34.5 Å². The number of nitrogens with two attached hydrogens (primary N) is 1. The lowest BCUT2D eigenvalue weighted by Crippen LogP contribution is -2.45. The molecule has 1 aromatic heterocycles. The Kier molecular flexibility index (Phi) is 2.82. The molecule has 2 atom stereocenters. The van der Waals surface area contributed by atoms with Crippen LogP contribution in [0.2, 0.25) is 0 Å². The maximum Gasteiger partial charge on any atom is 0.0727 e. The SMILES string of the molecule is Cc1cc(N2C3CCC2CC(O)C3)c2cc(N)ccc2n1. The molecule has 2 aromatic rings. The number of aliphatic hydroxyl groups excluding tert-OH is 1. The predicted molar refractivity (Wildman–Crippen MR) is 85.4 cm³/mol. The third kappa shape index (κ3) is 2.05. The molecule has 1 aromatic carbocycles. The molecule has 2 saturated heterocycles. The Hall–Kier alpha value is -1.81. The number of nitrogens with zero attached hydrogens (tertiary/aromatic N) is 2. The lowest BCUT2D eigenvalue weighted by Gasteiger charge is -2.39. The van der Waals surface area contributed by atoms with E-state index in [-0.39, 0.29) is 6.10 Å². The molecule has 4 heteroatoms. The second kappa shape index (κ2) is 4.60. The fourth-order valence-electron chi connectivity index (χ4n) is 4.11. The minimum absolute atomic E-state index is 0.141. The van der Waals surface area contributed by atoms with Gasteiger partial charge in [-0.15, -0.1) is 0 Å². The molecule has 3 N–H and O–H groups in total. The van der Waals surface area contributed by atoms with E-state index in [2.05, 4.69) is 16.0 Å². The van der Waals surface area contributed by atoms with Crippen LogP contribution < -0.4 is 10.6 Å². The molecule has 0 amide bonds. The average Bonchev–Trinajstić information content (AvgIpc) is 2.70. The molecule has 4 nitrogen and oxygen atoms in total. The highest BCUT2D eigenvalue weighted by Gasteiger charge is 2.40. The third-order valence-corrected chi connectivity index (χ3v) is 4.93. The van der Waals surface area contributed by atoms with Crippen molar-refractivity contribution in [3.05, 3.63) is 30.0 Å². The van der Waals surface area contributed by atoms with Gasteiger partial charge in [-0.3, -0.25) is 4.98 Å². The van der Waals surface area contributed by atoms with E-state index < -0.39 is 0 Å². The van der Waals surface area contributed by atoms with Gasteiger partial charge in [-0.1, -0.05) is 0 Å². The van der Waals surface area contributed by atoms with Crippen LogP contribution in [-0.4, -0.2) is 28.3 Å². The molecule has 0 saturated carbocycles. The number of benzene rings is 1. The maximum atomic E-state index is 10.0. The Morgan fingerprint density at radius 3 is 2.62 bits per heavy atom. The Bertz CT molecular complexity index is 686. The lowest BCUT2D eigenvalue weighted by atomic mass is 9.98. The molecular weight excluding hydrogens is 262 g/mol. The molecular formula is C17H21N3O. The lowest BCUT2D eigenvalue weighted by molar-refractivity contribution is 0.126. The van der Waals surface area contributed by atoms with Crippen molar-refractivity contribution in [2.45, 2.75) is 50.8 Å². The number of aliphatic hydroxyl groups is 1. The van der Waals surface area contributed by atoms with E-state index in [1.165, 1.54) is 18.5 Å². The number of hydrogen-bond acceptors (Lipinski definition) is 4. The van der Waals surface area contributed by atoms with E-state index in [0.717, 1.165) is 35.1 Å². The normalized spacial score (nSPS) is 28.3. The van der Waals surface area contributed by atoms with Crippen LogP contribution in [0.4, 0.5) is 11.4 Å². The summed E-state index contributed by atoms with van der Waals surface area (Å²) < 4.78 is 0. The van der Waals surface area contributed by atoms with Gasteiger partial charge in [-0.05, 0) is 56.9 Å². The molecule has 4 rings (SSSR count). The number of anilines is 2. The number of nitrogen functional groups attached to an aromatic ring is 1. The van der Waals surface area contributed by atoms with Gasteiger partial charge in [-0.2, -0.15) is 0 Å².